The Hall–Kier alpha value is -0.730. The van der Waals surface area contributed by atoms with Gasteiger partial charge in [0.2, 0.25) is 0 Å². The molecule has 0 radical (unpaired) electrons. The molecule has 0 amide bonds. The molecule has 0 aromatic carbocycles. The first-order valence-electron chi connectivity index (χ1n) is 3.42. The van der Waals surface area contributed by atoms with Gasteiger partial charge in [0.15, 0.2) is 0 Å². The second-order valence-corrected chi connectivity index (χ2v) is 2.28. The summed E-state index contributed by atoms with van der Waals surface area (Å²) in [6.45, 7) is 2.15. The molecule has 0 saturated carbocycles. The summed E-state index contributed by atoms with van der Waals surface area (Å²) in [7, 11) is 0. The molecule has 1 heterocycles. The fraction of sp³-hybridized carbons (Fsp3) is 0.833. The summed E-state index contributed by atoms with van der Waals surface area (Å²) in [6.07, 6.45) is 5.23. The first-order valence-corrected chi connectivity index (χ1v) is 3.42. The molecule has 0 atom stereocenters. The van der Waals surface area contributed by atoms with E-state index in [2.05, 4.69) is 5.10 Å². The monoisotopic (exact) mass is 127 g/mol. The van der Waals surface area contributed by atoms with Crippen molar-refractivity contribution in [3.05, 3.63) is 0 Å². The normalized spacial score (nSPS) is 21.1. The van der Waals surface area contributed by atoms with E-state index in [1.54, 1.807) is 0 Å². The van der Waals surface area contributed by atoms with Crippen LogP contribution in [0.25, 0.3) is 0 Å². The summed E-state index contributed by atoms with van der Waals surface area (Å²) in [5.41, 5.74) is 5.13. The quantitative estimate of drug-likeness (QED) is 0.408. The van der Waals surface area contributed by atoms with Crippen LogP contribution in [0.2, 0.25) is 0 Å². The summed E-state index contributed by atoms with van der Waals surface area (Å²) in [4.78, 5) is 0. The third kappa shape index (κ3) is 1.91. The number of nitrogens with two attached hydrogens (primary N) is 1. The Morgan fingerprint density at radius 3 is 2.44 bits per heavy atom. The Kier molecular flexibility index (Phi) is 2.36. The zero-order valence-electron chi connectivity index (χ0n) is 5.58. The van der Waals surface area contributed by atoms with E-state index in [9.17, 15) is 0 Å². The van der Waals surface area contributed by atoms with E-state index in [1.807, 2.05) is 5.01 Å². The van der Waals surface area contributed by atoms with E-state index < -0.39 is 0 Å². The summed E-state index contributed by atoms with van der Waals surface area (Å²) in [6, 6.07) is 0. The van der Waals surface area contributed by atoms with Gasteiger partial charge in [-0.15, -0.1) is 0 Å². The van der Waals surface area contributed by atoms with Gasteiger partial charge in [0, 0.05) is 13.1 Å². The minimum Gasteiger partial charge on any atom is -0.388 e. The van der Waals surface area contributed by atoms with Gasteiger partial charge >= 0.3 is 0 Å². The molecule has 2 N–H and O–H groups in total. The predicted molar refractivity (Wildman–Crippen MR) is 38.1 cm³/mol. The van der Waals surface area contributed by atoms with Crippen molar-refractivity contribution in [1.82, 2.24) is 5.01 Å². The molecule has 1 aliphatic heterocycles. The highest BCUT2D eigenvalue weighted by Gasteiger charge is 2.04. The predicted octanol–water partition coefficient (Wildman–Crippen LogP) is 0.374. The van der Waals surface area contributed by atoms with E-state index in [1.165, 1.54) is 25.6 Å². The van der Waals surface area contributed by atoms with Crippen molar-refractivity contribution in [2.24, 2.45) is 10.8 Å². The third-order valence-electron chi connectivity index (χ3n) is 1.56. The molecule has 0 spiro atoms. The fourth-order valence-electron chi connectivity index (χ4n) is 1.09. The number of rotatable bonds is 1. The molecule has 0 aromatic heterocycles. The maximum atomic E-state index is 5.13. The zero-order valence-corrected chi connectivity index (χ0v) is 5.58. The minimum atomic E-state index is 1.08. The van der Waals surface area contributed by atoms with Crippen LogP contribution in [0.4, 0.5) is 0 Å². The molecule has 1 fully saturated rings. The average molecular weight is 127 g/mol. The van der Waals surface area contributed by atoms with E-state index >= 15 is 0 Å². The van der Waals surface area contributed by atoms with Crippen molar-refractivity contribution in [3.63, 3.8) is 0 Å². The van der Waals surface area contributed by atoms with Crippen LogP contribution in [-0.2, 0) is 0 Å². The Balaban J connectivity index is 2.23. The number of piperidine rings is 1. The van der Waals surface area contributed by atoms with Crippen LogP contribution in [-0.4, -0.2) is 24.4 Å². The van der Waals surface area contributed by atoms with Crippen LogP contribution in [0.5, 0.6) is 0 Å². The van der Waals surface area contributed by atoms with Gasteiger partial charge in [0.1, 0.15) is 6.34 Å². The van der Waals surface area contributed by atoms with Crippen LogP contribution in [0.1, 0.15) is 19.3 Å². The highest BCUT2D eigenvalue weighted by Crippen LogP contribution is 2.07. The number of hydrogen-bond acceptors (Lipinski definition) is 2. The number of nitrogens with zero attached hydrogens (tertiary/aromatic N) is 2. The SMILES string of the molecule is NC=NN1CCCCC1. The Bertz CT molecular complexity index is 94.5. The molecule has 0 aliphatic carbocycles. The van der Waals surface area contributed by atoms with Gasteiger partial charge in [-0.05, 0) is 19.3 Å². The van der Waals surface area contributed by atoms with Crippen molar-refractivity contribution in [2.45, 2.75) is 19.3 Å². The van der Waals surface area contributed by atoms with Gasteiger partial charge in [0.05, 0.1) is 0 Å². The van der Waals surface area contributed by atoms with Crippen molar-refractivity contribution < 1.29 is 0 Å². The lowest BCUT2D eigenvalue weighted by Gasteiger charge is -2.22. The lowest BCUT2D eigenvalue weighted by molar-refractivity contribution is 0.240. The average Bonchev–Trinajstić information content (AvgIpc) is 1.91. The molecular weight excluding hydrogens is 114 g/mol. The molecule has 3 nitrogen and oxygen atoms in total. The second-order valence-electron chi connectivity index (χ2n) is 2.28. The Morgan fingerprint density at radius 1 is 1.22 bits per heavy atom. The zero-order chi connectivity index (χ0) is 6.53. The maximum Gasteiger partial charge on any atom is 0.106 e. The fourth-order valence-corrected chi connectivity index (χ4v) is 1.09. The number of hydrazone groups is 1. The highest BCUT2D eigenvalue weighted by atomic mass is 15.5. The summed E-state index contributed by atoms with van der Waals surface area (Å²) in [5, 5.41) is 5.99. The van der Waals surface area contributed by atoms with E-state index in [4.69, 9.17) is 5.73 Å². The van der Waals surface area contributed by atoms with Crippen molar-refractivity contribution in [2.75, 3.05) is 13.1 Å². The molecule has 1 aliphatic rings. The van der Waals surface area contributed by atoms with E-state index in [0.29, 0.717) is 0 Å². The van der Waals surface area contributed by atoms with Crippen molar-refractivity contribution in [3.8, 4) is 0 Å². The molecular formula is C6H13N3. The topological polar surface area (TPSA) is 41.6 Å². The van der Waals surface area contributed by atoms with Crippen LogP contribution >= 0.6 is 0 Å². The van der Waals surface area contributed by atoms with Gasteiger partial charge in [-0.25, -0.2) is 0 Å². The first kappa shape index (κ1) is 6.39. The minimum absolute atomic E-state index is 1.08. The largest absolute Gasteiger partial charge is 0.388 e. The van der Waals surface area contributed by atoms with E-state index in [0.717, 1.165) is 13.1 Å². The van der Waals surface area contributed by atoms with E-state index in [-0.39, 0.29) is 0 Å². The van der Waals surface area contributed by atoms with Gasteiger partial charge < -0.3 is 5.73 Å². The van der Waals surface area contributed by atoms with Crippen molar-refractivity contribution >= 4 is 6.34 Å². The molecule has 0 aromatic rings. The third-order valence-corrected chi connectivity index (χ3v) is 1.56. The molecule has 3 heteroatoms. The second kappa shape index (κ2) is 3.33. The molecule has 1 rings (SSSR count). The van der Waals surface area contributed by atoms with Gasteiger partial charge in [0.25, 0.3) is 0 Å². The molecule has 0 bridgehead atoms. The Morgan fingerprint density at radius 2 is 1.89 bits per heavy atom. The van der Waals surface area contributed by atoms with Gasteiger partial charge in [-0.3, -0.25) is 5.01 Å². The molecule has 0 unspecified atom stereocenters. The first-order chi connectivity index (χ1) is 4.43. The molecule has 1 saturated heterocycles. The van der Waals surface area contributed by atoms with Crippen LogP contribution in [0, 0.1) is 0 Å². The maximum absolute atomic E-state index is 5.13. The molecule has 52 valence electrons. The summed E-state index contributed by atoms with van der Waals surface area (Å²) in [5.74, 6) is 0. The number of hydrogen-bond donors (Lipinski definition) is 1. The lowest BCUT2D eigenvalue weighted by atomic mass is 10.2. The Labute approximate surface area is 55.5 Å². The van der Waals surface area contributed by atoms with Crippen LogP contribution < -0.4 is 5.73 Å². The standard InChI is InChI=1S/C6H13N3/c7-6-8-9-4-2-1-3-5-9/h6H,1-5H2,(H2,7,8). The van der Waals surface area contributed by atoms with Gasteiger partial charge in [-0.2, -0.15) is 5.10 Å². The molecule has 9 heavy (non-hydrogen) atoms. The van der Waals surface area contributed by atoms with Crippen LogP contribution in [0.15, 0.2) is 5.10 Å². The summed E-state index contributed by atoms with van der Waals surface area (Å²) < 4.78 is 0. The highest BCUT2D eigenvalue weighted by molar-refractivity contribution is 5.50. The lowest BCUT2D eigenvalue weighted by Crippen LogP contribution is -2.25. The van der Waals surface area contributed by atoms with Gasteiger partial charge in [-0.1, -0.05) is 0 Å². The smallest absolute Gasteiger partial charge is 0.106 e. The van der Waals surface area contributed by atoms with Crippen LogP contribution in [0.3, 0.4) is 0 Å². The van der Waals surface area contributed by atoms with Crippen molar-refractivity contribution in [1.29, 1.82) is 0 Å². The summed E-state index contributed by atoms with van der Waals surface area (Å²) >= 11 is 0.